The molecule has 0 amide bonds. The van der Waals surface area contributed by atoms with Gasteiger partial charge in [0.1, 0.15) is 0 Å². The van der Waals surface area contributed by atoms with Gasteiger partial charge in [0.15, 0.2) is 0 Å². The number of sulfonamides is 1. The van der Waals surface area contributed by atoms with Gasteiger partial charge in [-0.3, -0.25) is 0 Å². The molecule has 134 valence electrons. The molecule has 2 aromatic carbocycles. The van der Waals surface area contributed by atoms with E-state index in [4.69, 9.17) is 16.3 Å². The van der Waals surface area contributed by atoms with E-state index in [0.29, 0.717) is 31.3 Å². The maximum absolute atomic E-state index is 13.3. The van der Waals surface area contributed by atoms with E-state index >= 15 is 0 Å². The summed E-state index contributed by atoms with van der Waals surface area (Å²) in [5.74, 6) is 0. The molecule has 0 saturated carbocycles. The minimum absolute atomic E-state index is 0.279. The van der Waals surface area contributed by atoms with Crippen molar-refractivity contribution < 1.29 is 13.2 Å². The van der Waals surface area contributed by atoms with Gasteiger partial charge in [0.2, 0.25) is 10.0 Å². The molecule has 0 aromatic heterocycles. The fourth-order valence-electron chi connectivity index (χ4n) is 3.08. The van der Waals surface area contributed by atoms with Crippen molar-refractivity contribution in [3.8, 4) is 0 Å². The summed E-state index contributed by atoms with van der Waals surface area (Å²) in [6.45, 7) is 1.91. The second-order valence-electron chi connectivity index (χ2n) is 5.94. The molecule has 1 N–H and O–H groups in total. The number of halogens is 1. The SMILES string of the molecule is COCc1cccc(S(=O)(=O)N2CCNCC2c2ccccc2Cl)c1. The molecule has 1 saturated heterocycles. The Hall–Kier alpha value is -1.44. The lowest BCUT2D eigenvalue weighted by Gasteiger charge is -2.36. The third kappa shape index (κ3) is 3.88. The second-order valence-corrected chi connectivity index (χ2v) is 8.24. The summed E-state index contributed by atoms with van der Waals surface area (Å²) < 4.78 is 33.2. The normalized spacial score (nSPS) is 19.0. The zero-order chi connectivity index (χ0) is 17.9. The first-order valence-corrected chi connectivity index (χ1v) is 9.90. The highest BCUT2D eigenvalue weighted by Gasteiger charge is 2.35. The molecule has 1 fully saturated rings. The maximum Gasteiger partial charge on any atom is 0.243 e. The first kappa shape index (κ1) is 18.4. The van der Waals surface area contributed by atoms with Crippen LogP contribution < -0.4 is 5.32 Å². The third-order valence-electron chi connectivity index (χ3n) is 4.27. The van der Waals surface area contributed by atoms with Crippen molar-refractivity contribution in [1.29, 1.82) is 0 Å². The molecule has 1 aliphatic heterocycles. The number of rotatable bonds is 5. The molecule has 0 radical (unpaired) electrons. The average molecular weight is 381 g/mol. The van der Waals surface area contributed by atoms with Crippen LogP contribution >= 0.6 is 11.6 Å². The van der Waals surface area contributed by atoms with Crippen molar-refractivity contribution >= 4 is 21.6 Å². The lowest BCUT2D eigenvalue weighted by Crippen LogP contribution is -2.48. The van der Waals surface area contributed by atoms with Crippen LogP contribution in [-0.4, -0.2) is 39.5 Å². The van der Waals surface area contributed by atoms with Gasteiger partial charge >= 0.3 is 0 Å². The average Bonchev–Trinajstić information content (AvgIpc) is 2.63. The van der Waals surface area contributed by atoms with Gasteiger partial charge in [0.25, 0.3) is 0 Å². The smallest absolute Gasteiger partial charge is 0.243 e. The van der Waals surface area contributed by atoms with Gasteiger partial charge in [-0.2, -0.15) is 4.31 Å². The van der Waals surface area contributed by atoms with Crippen molar-refractivity contribution in [2.45, 2.75) is 17.5 Å². The van der Waals surface area contributed by atoms with Crippen molar-refractivity contribution in [3.05, 3.63) is 64.7 Å². The summed E-state index contributed by atoms with van der Waals surface area (Å²) in [5.41, 5.74) is 1.64. The first-order chi connectivity index (χ1) is 12.0. The van der Waals surface area contributed by atoms with Crippen LogP contribution in [0.2, 0.25) is 5.02 Å². The fourth-order valence-corrected chi connectivity index (χ4v) is 5.02. The van der Waals surface area contributed by atoms with E-state index in [2.05, 4.69) is 5.32 Å². The number of benzene rings is 2. The summed E-state index contributed by atoms with van der Waals surface area (Å²) in [6.07, 6.45) is 0. The van der Waals surface area contributed by atoms with Gasteiger partial charge < -0.3 is 10.1 Å². The molecule has 7 heteroatoms. The van der Waals surface area contributed by atoms with Gasteiger partial charge in [0, 0.05) is 31.8 Å². The highest BCUT2D eigenvalue weighted by atomic mass is 35.5. The molecule has 2 aromatic rings. The van der Waals surface area contributed by atoms with Crippen molar-refractivity contribution in [2.24, 2.45) is 0 Å². The number of hydrogen-bond donors (Lipinski definition) is 1. The number of nitrogens with zero attached hydrogens (tertiary/aromatic N) is 1. The summed E-state index contributed by atoms with van der Waals surface area (Å²) in [6, 6.07) is 13.9. The highest BCUT2D eigenvalue weighted by molar-refractivity contribution is 7.89. The Balaban J connectivity index is 1.99. The minimum Gasteiger partial charge on any atom is -0.380 e. The molecule has 0 aliphatic carbocycles. The zero-order valence-electron chi connectivity index (χ0n) is 14.0. The van der Waals surface area contributed by atoms with Gasteiger partial charge in [0.05, 0.1) is 17.5 Å². The number of methoxy groups -OCH3 is 1. The Morgan fingerprint density at radius 2 is 2.04 bits per heavy atom. The van der Waals surface area contributed by atoms with E-state index in [0.717, 1.165) is 11.1 Å². The van der Waals surface area contributed by atoms with Gasteiger partial charge in [-0.15, -0.1) is 0 Å². The number of hydrogen-bond acceptors (Lipinski definition) is 4. The molecular formula is C18H21ClN2O3S. The van der Waals surface area contributed by atoms with Crippen LogP contribution in [0.1, 0.15) is 17.2 Å². The van der Waals surface area contributed by atoms with E-state index in [-0.39, 0.29) is 10.9 Å². The Kier molecular flexibility index (Phi) is 5.76. The lowest BCUT2D eigenvalue weighted by atomic mass is 10.1. The van der Waals surface area contributed by atoms with E-state index < -0.39 is 10.0 Å². The van der Waals surface area contributed by atoms with Crippen LogP contribution in [0.4, 0.5) is 0 Å². The minimum atomic E-state index is -3.64. The largest absolute Gasteiger partial charge is 0.380 e. The van der Waals surface area contributed by atoms with Gasteiger partial charge in [-0.05, 0) is 29.3 Å². The Morgan fingerprint density at radius 3 is 2.80 bits per heavy atom. The van der Waals surface area contributed by atoms with E-state index in [9.17, 15) is 8.42 Å². The zero-order valence-corrected chi connectivity index (χ0v) is 15.6. The molecule has 0 bridgehead atoms. The van der Waals surface area contributed by atoms with E-state index in [1.807, 2.05) is 24.3 Å². The predicted molar refractivity (Wildman–Crippen MR) is 98.1 cm³/mol. The predicted octanol–water partition coefficient (Wildman–Crippen LogP) is 2.82. The summed E-state index contributed by atoms with van der Waals surface area (Å²) in [7, 11) is -2.05. The second kappa shape index (κ2) is 7.85. The van der Waals surface area contributed by atoms with Crippen LogP contribution in [-0.2, 0) is 21.4 Å². The Labute approximate surface area is 153 Å². The molecular weight excluding hydrogens is 360 g/mol. The topological polar surface area (TPSA) is 58.6 Å². The quantitative estimate of drug-likeness (QED) is 0.866. The van der Waals surface area contributed by atoms with Crippen LogP contribution in [0.5, 0.6) is 0 Å². The van der Waals surface area contributed by atoms with Gasteiger partial charge in [-0.1, -0.05) is 41.9 Å². The van der Waals surface area contributed by atoms with Gasteiger partial charge in [-0.25, -0.2) is 8.42 Å². The molecule has 1 heterocycles. The molecule has 1 aliphatic rings. The number of nitrogens with one attached hydrogen (secondary N) is 1. The summed E-state index contributed by atoms with van der Waals surface area (Å²) >= 11 is 6.32. The van der Waals surface area contributed by atoms with Crippen LogP contribution in [0.15, 0.2) is 53.4 Å². The van der Waals surface area contributed by atoms with E-state index in [1.54, 1.807) is 31.4 Å². The third-order valence-corrected chi connectivity index (χ3v) is 6.52. The Bertz CT molecular complexity index is 842. The molecule has 5 nitrogen and oxygen atoms in total. The summed E-state index contributed by atoms with van der Waals surface area (Å²) in [4.78, 5) is 0.279. The number of piperazine rings is 1. The monoisotopic (exact) mass is 380 g/mol. The van der Waals surface area contributed by atoms with Crippen molar-refractivity contribution in [3.63, 3.8) is 0 Å². The molecule has 3 rings (SSSR count). The van der Waals surface area contributed by atoms with Crippen LogP contribution in [0.3, 0.4) is 0 Å². The van der Waals surface area contributed by atoms with E-state index in [1.165, 1.54) is 4.31 Å². The van der Waals surface area contributed by atoms with Crippen LogP contribution in [0.25, 0.3) is 0 Å². The van der Waals surface area contributed by atoms with Crippen LogP contribution in [0, 0.1) is 0 Å². The highest BCUT2D eigenvalue weighted by Crippen LogP contribution is 2.32. The Morgan fingerprint density at radius 1 is 1.24 bits per heavy atom. The number of ether oxygens (including phenoxy) is 1. The van der Waals surface area contributed by atoms with Crippen molar-refractivity contribution in [2.75, 3.05) is 26.7 Å². The standard InChI is InChI=1S/C18H21ClN2O3S/c1-24-13-14-5-4-6-15(11-14)25(22,23)21-10-9-20-12-18(21)16-7-2-3-8-17(16)19/h2-8,11,18,20H,9-10,12-13H2,1H3. The first-order valence-electron chi connectivity index (χ1n) is 8.09. The molecule has 0 spiro atoms. The molecule has 1 atom stereocenters. The van der Waals surface area contributed by atoms with Crippen molar-refractivity contribution in [1.82, 2.24) is 9.62 Å². The summed E-state index contributed by atoms with van der Waals surface area (Å²) in [5, 5.41) is 3.83. The lowest BCUT2D eigenvalue weighted by molar-refractivity contribution is 0.184. The molecule has 25 heavy (non-hydrogen) atoms. The fraction of sp³-hybridized carbons (Fsp3) is 0.333. The maximum atomic E-state index is 13.3. The molecule has 1 unspecified atom stereocenters.